The van der Waals surface area contributed by atoms with Crippen molar-refractivity contribution in [2.45, 2.75) is 19.4 Å². The Labute approximate surface area is 108 Å². The second kappa shape index (κ2) is 5.98. The summed E-state index contributed by atoms with van der Waals surface area (Å²) >= 11 is 4.22. The van der Waals surface area contributed by atoms with Crippen LogP contribution in [0.4, 0.5) is 0 Å². The van der Waals surface area contributed by atoms with E-state index in [1.807, 2.05) is 0 Å². The molecule has 2 rings (SSSR count). The van der Waals surface area contributed by atoms with Crippen LogP contribution in [-0.2, 0) is 0 Å². The Balaban J connectivity index is 1.73. The average molecular weight is 260 g/mol. The maximum absolute atomic E-state index is 3.80. The summed E-state index contributed by atoms with van der Waals surface area (Å²) in [6.07, 6.45) is 1.35. The highest BCUT2D eigenvalue weighted by Gasteiger charge is 2.32. The van der Waals surface area contributed by atoms with Crippen molar-refractivity contribution in [2.75, 3.05) is 49.7 Å². The number of nitrogens with one attached hydrogen (secondary N) is 1. The van der Waals surface area contributed by atoms with E-state index in [4.69, 9.17) is 0 Å². The molecular weight excluding hydrogens is 236 g/mol. The number of rotatable bonds is 3. The molecule has 94 valence electrons. The molecule has 1 unspecified atom stereocenters. The first-order valence-corrected chi connectivity index (χ1v) is 8.56. The lowest BCUT2D eigenvalue weighted by atomic mass is 9.89. The van der Waals surface area contributed by atoms with Crippen molar-refractivity contribution in [1.29, 1.82) is 0 Å². The molecule has 2 heterocycles. The predicted molar refractivity (Wildman–Crippen MR) is 76.7 cm³/mol. The van der Waals surface area contributed by atoms with Crippen molar-refractivity contribution in [2.24, 2.45) is 5.41 Å². The number of likely N-dealkylation sites (tertiary alicyclic amines) is 1. The molecule has 0 radical (unpaired) electrons. The summed E-state index contributed by atoms with van der Waals surface area (Å²) in [5.41, 5.74) is 0.510. The lowest BCUT2D eigenvalue weighted by molar-refractivity contribution is 0.289. The first kappa shape index (κ1) is 13.1. The summed E-state index contributed by atoms with van der Waals surface area (Å²) in [6.45, 7) is 6.16. The summed E-state index contributed by atoms with van der Waals surface area (Å²) < 4.78 is 0. The van der Waals surface area contributed by atoms with Crippen LogP contribution in [0.25, 0.3) is 0 Å². The van der Waals surface area contributed by atoms with Crippen LogP contribution in [0.5, 0.6) is 0 Å². The minimum atomic E-state index is 0.510. The van der Waals surface area contributed by atoms with Crippen molar-refractivity contribution < 1.29 is 0 Å². The normalized spacial score (nSPS) is 34.1. The van der Waals surface area contributed by atoms with Crippen LogP contribution in [-0.4, -0.2) is 60.6 Å². The van der Waals surface area contributed by atoms with Gasteiger partial charge in [0.15, 0.2) is 0 Å². The third kappa shape index (κ3) is 3.83. The van der Waals surface area contributed by atoms with Gasteiger partial charge in [0.1, 0.15) is 0 Å². The molecule has 0 aromatic rings. The standard InChI is InChI=1S/C12H24N2S2/c1-12(3-4-14(2)10-12)9-13-11-7-15-5-6-16-8-11/h11,13H,3-10H2,1-2H3. The molecule has 0 aromatic carbocycles. The molecule has 2 nitrogen and oxygen atoms in total. The van der Waals surface area contributed by atoms with Crippen LogP contribution in [0.1, 0.15) is 13.3 Å². The molecule has 16 heavy (non-hydrogen) atoms. The highest BCUT2D eigenvalue weighted by atomic mass is 32.2. The SMILES string of the molecule is CN1CCC(C)(CNC2CSCCSC2)C1. The van der Waals surface area contributed by atoms with E-state index in [9.17, 15) is 0 Å². The molecule has 0 aliphatic carbocycles. The molecule has 4 heteroatoms. The molecular formula is C12H24N2S2. The largest absolute Gasteiger partial charge is 0.312 e. The van der Waals surface area contributed by atoms with E-state index in [0.29, 0.717) is 5.41 Å². The Morgan fingerprint density at radius 3 is 2.56 bits per heavy atom. The quantitative estimate of drug-likeness (QED) is 0.831. The van der Waals surface area contributed by atoms with Gasteiger partial charge in [-0.05, 0) is 25.4 Å². The van der Waals surface area contributed by atoms with Crippen LogP contribution in [0.2, 0.25) is 0 Å². The highest BCUT2D eigenvalue weighted by Crippen LogP contribution is 2.28. The Hall–Kier alpha value is 0.620. The van der Waals surface area contributed by atoms with Crippen molar-refractivity contribution in [1.82, 2.24) is 10.2 Å². The van der Waals surface area contributed by atoms with E-state index in [0.717, 1.165) is 6.04 Å². The van der Waals surface area contributed by atoms with Gasteiger partial charge in [-0.2, -0.15) is 23.5 Å². The fourth-order valence-electron chi connectivity index (χ4n) is 2.54. The number of hydrogen-bond donors (Lipinski definition) is 1. The molecule has 2 aliphatic rings. The zero-order valence-corrected chi connectivity index (χ0v) is 12.1. The first-order valence-electron chi connectivity index (χ1n) is 6.25. The summed E-state index contributed by atoms with van der Waals surface area (Å²) in [5.74, 6) is 5.28. The van der Waals surface area contributed by atoms with E-state index in [2.05, 4.69) is 47.7 Å². The van der Waals surface area contributed by atoms with Crippen molar-refractivity contribution in [3.8, 4) is 0 Å². The third-order valence-electron chi connectivity index (χ3n) is 3.58. The fraction of sp³-hybridized carbons (Fsp3) is 1.00. The van der Waals surface area contributed by atoms with Crippen molar-refractivity contribution in [3.63, 3.8) is 0 Å². The van der Waals surface area contributed by atoms with E-state index in [1.165, 1.54) is 49.1 Å². The van der Waals surface area contributed by atoms with E-state index in [-0.39, 0.29) is 0 Å². The highest BCUT2D eigenvalue weighted by molar-refractivity contribution is 8.03. The third-order valence-corrected chi connectivity index (χ3v) is 6.10. The van der Waals surface area contributed by atoms with Gasteiger partial charge in [0.2, 0.25) is 0 Å². The van der Waals surface area contributed by atoms with Crippen LogP contribution in [0.15, 0.2) is 0 Å². The lowest BCUT2D eigenvalue weighted by Crippen LogP contribution is -2.41. The van der Waals surface area contributed by atoms with Crippen molar-refractivity contribution in [3.05, 3.63) is 0 Å². The Morgan fingerprint density at radius 2 is 2.00 bits per heavy atom. The Bertz CT molecular complexity index is 217. The van der Waals surface area contributed by atoms with Gasteiger partial charge >= 0.3 is 0 Å². The molecule has 0 aromatic heterocycles. The van der Waals surface area contributed by atoms with Gasteiger partial charge in [-0.25, -0.2) is 0 Å². The van der Waals surface area contributed by atoms with Gasteiger partial charge in [0.25, 0.3) is 0 Å². The molecule has 1 N–H and O–H groups in total. The van der Waals surface area contributed by atoms with E-state index < -0.39 is 0 Å². The molecule has 2 fully saturated rings. The van der Waals surface area contributed by atoms with Gasteiger partial charge < -0.3 is 10.2 Å². The molecule has 2 saturated heterocycles. The number of thioether (sulfide) groups is 2. The minimum Gasteiger partial charge on any atom is -0.312 e. The molecule has 0 spiro atoms. The predicted octanol–water partition coefficient (Wildman–Crippen LogP) is 1.77. The smallest absolute Gasteiger partial charge is 0.0249 e. The summed E-state index contributed by atoms with van der Waals surface area (Å²) in [6, 6.07) is 0.736. The lowest BCUT2D eigenvalue weighted by Gasteiger charge is -2.27. The van der Waals surface area contributed by atoms with Crippen LogP contribution >= 0.6 is 23.5 Å². The maximum Gasteiger partial charge on any atom is 0.0249 e. The number of nitrogens with zero attached hydrogens (tertiary/aromatic N) is 1. The molecule has 0 saturated carbocycles. The monoisotopic (exact) mass is 260 g/mol. The summed E-state index contributed by atoms with van der Waals surface area (Å²) in [5, 5.41) is 3.80. The van der Waals surface area contributed by atoms with Crippen LogP contribution < -0.4 is 5.32 Å². The van der Waals surface area contributed by atoms with Crippen LogP contribution in [0, 0.1) is 5.41 Å². The topological polar surface area (TPSA) is 15.3 Å². The van der Waals surface area contributed by atoms with Crippen molar-refractivity contribution >= 4 is 23.5 Å². The van der Waals surface area contributed by atoms with Gasteiger partial charge in [0.05, 0.1) is 0 Å². The average Bonchev–Trinajstić information content (AvgIpc) is 2.50. The Morgan fingerprint density at radius 1 is 1.31 bits per heavy atom. The first-order chi connectivity index (χ1) is 7.68. The fourth-order valence-corrected chi connectivity index (χ4v) is 5.01. The Kier molecular flexibility index (Phi) is 4.89. The molecule has 2 aliphatic heterocycles. The van der Waals surface area contributed by atoms with Gasteiger partial charge in [-0.15, -0.1) is 0 Å². The summed E-state index contributed by atoms with van der Waals surface area (Å²) in [7, 11) is 2.24. The van der Waals surface area contributed by atoms with E-state index >= 15 is 0 Å². The van der Waals surface area contributed by atoms with Gasteiger partial charge in [-0.1, -0.05) is 6.92 Å². The van der Waals surface area contributed by atoms with Gasteiger partial charge in [0, 0.05) is 42.1 Å². The van der Waals surface area contributed by atoms with Crippen LogP contribution in [0.3, 0.4) is 0 Å². The minimum absolute atomic E-state index is 0.510. The molecule has 0 bridgehead atoms. The van der Waals surface area contributed by atoms with E-state index in [1.54, 1.807) is 0 Å². The molecule has 1 atom stereocenters. The second-order valence-electron chi connectivity index (χ2n) is 5.53. The summed E-state index contributed by atoms with van der Waals surface area (Å²) in [4.78, 5) is 2.46. The van der Waals surface area contributed by atoms with Gasteiger partial charge in [-0.3, -0.25) is 0 Å². The zero-order chi connectivity index (χ0) is 11.4. The second-order valence-corrected chi connectivity index (χ2v) is 7.83. The maximum atomic E-state index is 3.80. The zero-order valence-electron chi connectivity index (χ0n) is 10.5. The number of hydrogen-bond acceptors (Lipinski definition) is 4. The molecule has 0 amide bonds.